The monoisotopic (exact) mass is 608 g/mol. The number of hydrogen-bond donors (Lipinski definition) is 2. The third-order valence-electron chi connectivity index (χ3n) is 8.54. The topological polar surface area (TPSA) is 99.7 Å². The number of nitrogens with zero attached hydrogens (tertiary/aromatic N) is 4. The van der Waals surface area contributed by atoms with Crippen molar-refractivity contribution in [1.29, 1.82) is 0 Å². The number of hydrogen-bond acceptors (Lipinski definition) is 7. The molecular weight excluding hydrogens is 566 g/mol. The van der Waals surface area contributed by atoms with Crippen LogP contribution in [0.4, 0.5) is 31.7 Å². The van der Waals surface area contributed by atoms with E-state index in [1.807, 2.05) is 6.07 Å². The molecule has 2 aromatic heterocycles. The van der Waals surface area contributed by atoms with Gasteiger partial charge in [-0.05, 0) is 36.7 Å². The molecule has 0 unspecified atom stereocenters. The minimum atomic E-state index is -0.718. The van der Waals surface area contributed by atoms with E-state index in [4.69, 9.17) is 4.74 Å². The van der Waals surface area contributed by atoms with E-state index >= 15 is 4.39 Å². The van der Waals surface area contributed by atoms with Gasteiger partial charge in [-0.15, -0.1) is 0 Å². The predicted molar refractivity (Wildman–Crippen MR) is 168 cm³/mol. The fraction of sp³-hybridized carbons (Fsp3) is 0.515. The fourth-order valence-corrected chi connectivity index (χ4v) is 5.78. The van der Waals surface area contributed by atoms with Crippen LogP contribution in [-0.2, 0) is 14.3 Å². The zero-order chi connectivity index (χ0) is 31.6. The van der Waals surface area contributed by atoms with Crippen molar-refractivity contribution >= 4 is 45.6 Å². The molecule has 0 atom stereocenters. The Balaban J connectivity index is 0.000000367. The Morgan fingerprint density at radius 2 is 1.70 bits per heavy atom. The average Bonchev–Trinajstić information content (AvgIpc) is 2.98. The van der Waals surface area contributed by atoms with Crippen molar-refractivity contribution in [2.45, 2.75) is 60.3 Å². The number of carbonyl (C=O) groups is 2. The summed E-state index contributed by atoms with van der Waals surface area (Å²) in [7, 11) is 0. The number of piperidine rings is 2. The van der Waals surface area contributed by atoms with Gasteiger partial charge in [-0.3, -0.25) is 19.5 Å². The van der Waals surface area contributed by atoms with Crippen molar-refractivity contribution < 1.29 is 23.1 Å². The number of ether oxygens (including phenoxy) is 1. The Kier molecular flexibility index (Phi) is 9.06. The number of halogens is 2. The lowest BCUT2D eigenvalue weighted by Gasteiger charge is -2.38. The van der Waals surface area contributed by atoms with Gasteiger partial charge >= 0.3 is 0 Å². The third kappa shape index (κ3) is 7.26. The van der Waals surface area contributed by atoms with Crippen LogP contribution in [0, 0.1) is 29.4 Å². The molecule has 9 nitrogen and oxygen atoms in total. The Labute approximate surface area is 257 Å². The first kappa shape index (κ1) is 31.6. The summed E-state index contributed by atoms with van der Waals surface area (Å²) >= 11 is 0. The first-order valence-corrected chi connectivity index (χ1v) is 15.2. The first-order valence-electron chi connectivity index (χ1n) is 15.2. The molecule has 236 valence electrons. The number of fused-ring (bicyclic) bond motifs is 1. The highest BCUT2D eigenvalue weighted by Crippen LogP contribution is 2.40. The Morgan fingerprint density at radius 3 is 2.39 bits per heavy atom. The zero-order valence-corrected chi connectivity index (χ0v) is 26.2. The van der Waals surface area contributed by atoms with Gasteiger partial charge in [-0.1, -0.05) is 27.7 Å². The summed E-state index contributed by atoms with van der Waals surface area (Å²) in [5.74, 6) is -0.857. The molecule has 44 heavy (non-hydrogen) atoms. The Hall–Kier alpha value is -3.86. The molecule has 0 radical (unpaired) electrons. The molecule has 1 aromatic carbocycles. The van der Waals surface area contributed by atoms with E-state index in [-0.39, 0.29) is 28.1 Å². The molecule has 0 spiro atoms. The SMILES string of the molecule is CC1(C)CCC(=O)NC1.Cc1c(N2CC(C)(C)CCC2=O)nc2cc(F)cc(F)c2c1Nc1cncc(N2CCOCC2)c1. The molecule has 3 aliphatic rings. The van der Waals surface area contributed by atoms with Gasteiger partial charge in [-0.2, -0.15) is 0 Å². The highest BCUT2D eigenvalue weighted by atomic mass is 19.1. The van der Waals surface area contributed by atoms with E-state index in [2.05, 4.69) is 53.2 Å². The molecule has 0 saturated carbocycles. The summed E-state index contributed by atoms with van der Waals surface area (Å²) in [5.41, 5.74) is 3.03. The highest BCUT2D eigenvalue weighted by Gasteiger charge is 2.34. The number of morpholine rings is 1. The summed E-state index contributed by atoms with van der Waals surface area (Å²) in [6.45, 7) is 14.5. The van der Waals surface area contributed by atoms with Crippen LogP contribution in [0.15, 0.2) is 30.6 Å². The molecule has 2 amide bonds. The predicted octanol–water partition coefficient (Wildman–Crippen LogP) is 5.87. The molecule has 0 bridgehead atoms. The van der Waals surface area contributed by atoms with Gasteiger partial charge in [0.2, 0.25) is 11.8 Å². The zero-order valence-electron chi connectivity index (χ0n) is 26.2. The number of benzene rings is 1. The number of nitrogens with one attached hydrogen (secondary N) is 2. The van der Waals surface area contributed by atoms with Gasteiger partial charge in [0.25, 0.3) is 0 Å². The van der Waals surface area contributed by atoms with E-state index < -0.39 is 11.6 Å². The maximum Gasteiger partial charge on any atom is 0.228 e. The number of pyridine rings is 2. The second-order valence-electron chi connectivity index (χ2n) is 13.5. The van der Waals surface area contributed by atoms with E-state index in [0.717, 1.165) is 44.2 Å². The summed E-state index contributed by atoms with van der Waals surface area (Å²) in [5, 5.41) is 6.32. The van der Waals surface area contributed by atoms with Gasteiger partial charge in [0.05, 0.1) is 53.6 Å². The van der Waals surface area contributed by atoms with E-state index in [1.54, 1.807) is 24.2 Å². The van der Waals surface area contributed by atoms with Crippen molar-refractivity contribution in [2.75, 3.05) is 54.5 Å². The quantitative estimate of drug-likeness (QED) is 0.382. The molecule has 3 aliphatic heterocycles. The van der Waals surface area contributed by atoms with Crippen LogP contribution in [-0.4, -0.2) is 61.2 Å². The van der Waals surface area contributed by atoms with Crippen molar-refractivity contribution in [3.63, 3.8) is 0 Å². The fourth-order valence-electron chi connectivity index (χ4n) is 5.78. The highest BCUT2D eigenvalue weighted by molar-refractivity contribution is 6.02. The largest absolute Gasteiger partial charge is 0.378 e. The van der Waals surface area contributed by atoms with Crippen molar-refractivity contribution in [3.05, 3.63) is 47.8 Å². The van der Waals surface area contributed by atoms with Gasteiger partial charge < -0.3 is 20.3 Å². The van der Waals surface area contributed by atoms with Crippen LogP contribution >= 0.6 is 0 Å². The van der Waals surface area contributed by atoms with Crippen LogP contribution in [0.2, 0.25) is 0 Å². The van der Waals surface area contributed by atoms with Crippen LogP contribution in [0.3, 0.4) is 0 Å². The lowest BCUT2D eigenvalue weighted by atomic mass is 9.83. The number of aromatic nitrogens is 2. The molecule has 3 saturated heterocycles. The van der Waals surface area contributed by atoms with E-state index in [9.17, 15) is 14.0 Å². The van der Waals surface area contributed by atoms with Gasteiger partial charge in [0, 0.05) is 56.7 Å². The maximum atomic E-state index is 15.1. The minimum absolute atomic E-state index is 0.0434. The Bertz CT molecular complexity index is 1540. The van der Waals surface area contributed by atoms with Crippen LogP contribution in [0.5, 0.6) is 0 Å². The standard InChI is InChI=1S/C26H29F2N5O2.C7H13NO/c1-16-24(30-18-12-19(14-29-13-18)32-6-8-35-9-7-32)23-20(28)10-17(27)11-21(23)31-25(16)33-15-26(2,3)5-4-22(33)34;1-7(2)4-3-6(9)8-5-7/h10-14H,4-9,15H2,1-3H3,(H,30,31);3-5H2,1-2H3,(H,8,9). The van der Waals surface area contributed by atoms with Gasteiger partial charge in [-0.25, -0.2) is 13.8 Å². The lowest BCUT2D eigenvalue weighted by Crippen LogP contribution is -2.44. The number of amides is 2. The molecular formula is C33H42F2N6O3. The third-order valence-corrected chi connectivity index (χ3v) is 8.54. The number of rotatable bonds is 4. The summed E-state index contributed by atoms with van der Waals surface area (Å²) in [4.78, 5) is 36.3. The van der Waals surface area contributed by atoms with Crippen LogP contribution in [0.25, 0.3) is 10.9 Å². The molecule has 0 aliphatic carbocycles. The minimum Gasteiger partial charge on any atom is -0.378 e. The van der Waals surface area contributed by atoms with Gasteiger partial charge in [0.1, 0.15) is 17.5 Å². The molecule has 5 heterocycles. The maximum absolute atomic E-state index is 15.1. The van der Waals surface area contributed by atoms with Crippen molar-refractivity contribution in [3.8, 4) is 0 Å². The summed E-state index contributed by atoms with van der Waals surface area (Å²) < 4.78 is 34.7. The van der Waals surface area contributed by atoms with E-state index in [1.165, 1.54) is 6.07 Å². The van der Waals surface area contributed by atoms with Gasteiger partial charge in [0.15, 0.2) is 0 Å². The molecule has 2 N–H and O–H groups in total. The smallest absolute Gasteiger partial charge is 0.228 e. The second kappa shape index (κ2) is 12.6. The number of anilines is 4. The van der Waals surface area contributed by atoms with Crippen molar-refractivity contribution in [2.24, 2.45) is 10.8 Å². The summed E-state index contributed by atoms with van der Waals surface area (Å²) in [6, 6.07) is 4.00. The lowest BCUT2D eigenvalue weighted by molar-refractivity contribution is -0.124. The normalized spacial score (nSPS) is 19.7. The van der Waals surface area contributed by atoms with Crippen molar-refractivity contribution in [1.82, 2.24) is 15.3 Å². The average molecular weight is 609 g/mol. The second-order valence-corrected chi connectivity index (χ2v) is 13.5. The molecule has 6 rings (SSSR count). The van der Waals surface area contributed by atoms with Crippen LogP contribution < -0.4 is 20.4 Å². The van der Waals surface area contributed by atoms with Crippen LogP contribution in [0.1, 0.15) is 58.9 Å². The molecule has 11 heteroatoms. The van der Waals surface area contributed by atoms with E-state index in [0.29, 0.717) is 60.8 Å². The number of carbonyl (C=O) groups excluding carboxylic acids is 2. The summed E-state index contributed by atoms with van der Waals surface area (Å²) in [6.07, 6.45) is 6.35. The molecule has 3 aromatic rings. The Morgan fingerprint density at radius 1 is 0.977 bits per heavy atom. The first-order chi connectivity index (χ1) is 20.8. The molecule has 3 fully saturated rings.